The molecule has 2 aromatic rings. The molecule has 0 bridgehead atoms. The summed E-state index contributed by atoms with van der Waals surface area (Å²) < 4.78 is 10.9. The largest absolute Gasteiger partial charge is 0.496 e. The fraction of sp³-hybridized carbons (Fsp3) is 0.235. The first-order chi connectivity index (χ1) is 9.77. The average molecular weight is 270 g/mol. The highest BCUT2D eigenvalue weighted by Crippen LogP contribution is 2.27. The number of carbonyl (C=O) groups is 1. The van der Waals surface area contributed by atoms with E-state index in [2.05, 4.69) is 0 Å². The standard InChI is InChI=1S/C17H18O3/c1-3-20-17(13-9-5-4-6-10-13)16(18)14-11-7-8-12-15(14)19-2/h4-12,17H,3H2,1-2H3. The highest BCUT2D eigenvalue weighted by molar-refractivity contribution is 6.02. The van der Waals surface area contributed by atoms with Crippen molar-refractivity contribution in [2.75, 3.05) is 13.7 Å². The molecule has 0 spiro atoms. The van der Waals surface area contributed by atoms with Gasteiger partial charge in [-0.3, -0.25) is 4.79 Å². The highest BCUT2D eigenvalue weighted by Gasteiger charge is 2.24. The van der Waals surface area contributed by atoms with Crippen LogP contribution in [-0.4, -0.2) is 19.5 Å². The van der Waals surface area contributed by atoms with Crippen molar-refractivity contribution in [2.45, 2.75) is 13.0 Å². The maximum atomic E-state index is 12.7. The second-order valence-corrected chi connectivity index (χ2v) is 4.31. The number of ether oxygens (including phenoxy) is 2. The summed E-state index contributed by atoms with van der Waals surface area (Å²) in [5, 5.41) is 0. The first-order valence-electron chi connectivity index (χ1n) is 6.61. The summed E-state index contributed by atoms with van der Waals surface area (Å²) >= 11 is 0. The molecule has 3 heteroatoms. The van der Waals surface area contributed by atoms with E-state index >= 15 is 0 Å². The lowest BCUT2D eigenvalue weighted by Gasteiger charge is -2.17. The van der Waals surface area contributed by atoms with Crippen LogP contribution < -0.4 is 4.74 Å². The lowest BCUT2D eigenvalue weighted by Crippen LogP contribution is -2.17. The summed E-state index contributed by atoms with van der Waals surface area (Å²) in [6.07, 6.45) is -0.600. The van der Waals surface area contributed by atoms with Crippen molar-refractivity contribution in [3.05, 3.63) is 65.7 Å². The fourth-order valence-electron chi connectivity index (χ4n) is 2.11. The first kappa shape index (κ1) is 14.3. The topological polar surface area (TPSA) is 35.5 Å². The molecule has 2 aromatic carbocycles. The third-order valence-corrected chi connectivity index (χ3v) is 3.05. The van der Waals surface area contributed by atoms with Crippen LogP contribution in [-0.2, 0) is 4.74 Å². The summed E-state index contributed by atoms with van der Waals surface area (Å²) in [5.74, 6) is 0.480. The molecule has 1 unspecified atom stereocenters. The van der Waals surface area contributed by atoms with E-state index in [4.69, 9.17) is 9.47 Å². The van der Waals surface area contributed by atoms with Gasteiger partial charge >= 0.3 is 0 Å². The van der Waals surface area contributed by atoms with Gasteiger partial charge in [0.1, 0.15) is 11.9 Å². The quantitative estimate of drug-likeness (QED) is 0.751. The lowest BCUT2D eigenvalue weighted by molar-refractivity contribution is 0.0450. The number of Topliss-reactive ketones (excluding diaryl/α,β-unsaturated/α-hetero) is 1. The molecule has 0 fully saturated rings. The van der Waals surface area contributed by atoms with E-state index in [0.29, 0.717) is 17.9 Å². The van der Waals surface area contributed by atoms with Crippen LogP contribution in [0.4, 0.5) is 0 Å². The predicted octanol–water partition coefficient (Wildman–Crippen LogP) is 3.66. The van der Waals surface area contributed by atoms with Gasteiger partial charge < -0.3 is 9.47 Å². The summed E-state index contributed by atoms with van der Waals surface area (Å²) in [6, 6.07) is 16.7. The second kappa shape index (κ2) is 6.87. The first-order valence-corrected chi connectivity index (χ1v) is 6.61. The van der Waals surface area contributed by atoms with Gasteiger partial charge in [0.05, 0.1) is 12.7 Å². The van der Waals surface area contributed by atoms with Crippen LogP contribution in [0.5, 0.6) is 5.75 Å². The maximum Gasteiger partial charge on any atom is 0.199 e. The molecule has 0 aliphatic heterocycles. The Hall–Kier alpha value is -2.13. The predicted molar refractivity (Wildman–Crippen MR) is 78.1 cm³/mol. The Kier molecular flexibility index (Phi) is 4.91. The van der Waals surface area contributed by atoms with Gasteiger partial charge in [0, 0.05) is 6.61 Å². The Labute approximate surface area is 119 Å². The van der Waals surface area contributed by atoms with Gasteiger partial charge in [-0.05, 0) is 24.6 Å². The Morgan fingerprint density at radius 3 is 2.35 bits per heavy atom. The molecule has 104 valence electrons. The number of ketones is 1. The van der Waals surface area contributed by atoms with Crippen molar-refractivity contribution < 1.29 is 14.3 Å². The summed E-state index contributed by atoms with van der Waals surface area (Å²) in [7, 11) is 1.56. The van der Waals surface area contributed by atoms with Crippen LogP contribution in [0.1, 0.15) is 28.9 Å². The van der Waals surface area contributed by atoms with Gasteiger partial charge in [-0.25, -0.2) is 0 Å². The zero-order chi connectivity index (χ0) is 14.4. The minimum Gasteiger partial charge on any atom is -0.496 e. The van der Waals surface area contributed by atoms with Gasteiger partial charge in [0.25, 0.3) is 0 Å². The minimum atomic E-state index is -0.600. The van der Waals surface area contributed by atoms with Crippen LogP contribution >= 0.6 is 0 Å². The normalized spacial score (nSPS) is 11.9. The van der Waals surface area contributed by atoms with E-state index in [1.54, 1.807) is 19.2 Å². The van der Waals surface area contributed by atoms with Crippen LogP contribution in [0.3, 0.4) is 0 Å². The van der Waals surface area contributed by atoms with Crippen LogP contribution in [0.15, 0.2) is 54.6 Å². The van der Waals surface area contributed by atoms with Crippen LogP contribution in [0.2, 0.25) is 0 Å². The third-order valence-electron chi connectivity index (χ3n) is 3.05. The smallest absolute Gasteiger partial charge is 0.199 e. The fourth-order valence-corrected chi connectivity index (χ4v) is 2.11. The Bertz CT molecular complexity index is 563. The average Bonchev–Trinajstić information content (AvgIpc) is 2.52. The SMILES string of the molecule is CCOC(C(=O)c1ccccc1OC)c1ccccc1. The zero-order valence-electron chi connectivity index (χ0n) is 11.7. The van der Waals surface area contributed by atoms with Gasteiger partial charge in [0.2, 0.25) is 0 Å². The molecule has 0 heterocycles. The van der Waals surface area contributed by atoms with Crippen LogP contribution in [0, 0.1) is 0 Å². The Morgan fingerprint density at radius 2 is 1.70 bits per heavy atom. The molecule has 0 aromatic heterocycles. The summed E-state index contributed by atoms with van der Waals surface area (Å²) in [4.78, 5) is 12.7. The van der Waals surface area contributed by atoms with E-state index in [1.165, 1.54) is 0 Å². The summed E-state index contributed by atoms with van der Waals surface area (Å²) in [5.41, 5.74) is 1.39. The molecular formula is C17H18O3. The molecular weight excluding hydrogens is 252 g/mol. The molecule has 0 aliphatic rings. The van der Waals surface area contributed by atoms with E-state index in [9.17, 15) is 4.79 Å². The van der Waals surface area contributed by atoms with Gasteiger partial charge in [-0.15, -0.1) is 0 Å². The molecule has 0 radical (unpaired) electrons. The van der Waals surface area contributed by atoms with Crippen LogP contribution in [0.25, 0.3) is 0 Å². The van der Waals surface area contributed by atoms with Crippen molar-refractivity contribution in [1.82, 2.24) is 0 Å². The molecule has 1 atom stereocenters. The van der Waals surface area contributed by atoms with Crippen molar-refractivity contribution in [1.29, 1.82) is 0 Å². The summed E-state index contributed by atoms with van der Waals surface area (Å²) in [6.45, 7) is 2.35. The molecule has 3 nitrogen and oxygen atoms in total. The highest BCUT2D eigenvalue weighted by atomic mass is 16.5. The minimum absolute atomic E-state index is 0.0875. The third kappa shape index (κ3) is 3.06. The molecule has 20 heavy (non-hydrogen) atoms. The Morgan fingerprint density at radius 1 is 1.05 bits per heavy atom. The zero-order valence-corrected chi connectivity index (χ0v) is 11.7. The van der Waals surface area contributed by atoms with Crippen molar-refractivity contribution in [3.63, 3.8) is 0 Å². The molecule has 0 saturated heterocycles. The van der Waals surface area contributed by atoms with Crippen molar-refractivity contribution >= 4 is 5.78 Å². The molecule has 0 aliphatic carbocycles. The molecule has 0 amide bonds. The molecule has 0 saturated carbocycles. The maximum absolute atomic E-state index is 12.7. The van der Waals surface area contributed by atoms with Gasteiger partial charge in [-0.2, -0.15) is 0 Å². The number of carbonyl (C=O) groups excluding carboxylic acids is 1. The van der Waals surface area contributed by atoms with E-state index in [0.717, 1.165) is 5.56 Å². The number of hydrogen-bond acceptors (Lipinski definition) is 3. The van der Waals surface area contributed by atoms with E-state index in [-0.39, 0.29) is 5.78 Å². The number of benzene rings is 2. The van der Waals surface area contributed by atoms with Gasteiger partial charge in [-0.1, -0.05) is 42.5 Å². The van der Waals surface area contributed by atoms with Crippen molar-refractivity contribution in [3.8, 4) is 5.75 Å². The molecule has 2 rings (SSSR count). The van der Waals surface area contributed by atoms with E-state index in [1.807, 2.05) is 49.4 Å². The number of hydrogen-bond donors (Lipinski definition) is 0. The monoisotopic (exact) mass is 270 g/mol. The van der Waals surface area contributed by atoms with E-state index < -0.39 is 6.10 Å². The number of para-hydroxylation sites is 1. The Balaban J connectivity index is 2.37. The lowest BCUT2D eigenvalue weighted by atomic mass is 9.99. The molecule has 0 N–H and O–H groups in total. The second-order valence-electron chi connectivity index (χ2n) is 4.31. The number of rotatable bonds is 6. The van der Waals surface area contributed by atoms with Crippen molar-refractivity contribution in [2.24, 2.45) is 0 Å². The number of methoxy groups -OCH3 is 1. The van der Waals surface area contributed by atoms with Gasteiger partial charge in [0.15, 0.2) is 5.78 Å².